The first-order chi connectivity index (χ1) is 38.4. The number of nitrogens with zero attached hydrogens (tertiary/aromatic N) is 1. The zero-order valence-electron chi connectivity index (χ0n) is 55.2. The van der Waals surface area contributed by atoms with E-state index in [9.17, 15) is 12.3 Å². The molecular weight excluding hydrogens is 687 g/mol. The molecule has 0 heterocycles. The average Bonchev–Trinajstić information content (AvgIpc) is 1.60. The van der Waals surface area contributed by atoms with E-state index in [4.69, 9.17) is 21.9 Å². The SMILES string of the molecule is [2H]c1cc(C2(c3ccc([2H])c([2H])c3[2H])c3cc([2H])c([2H])c([2H])c3-c3c2cc(N(c2ccc4c(c2[2H])C(C)(C)c2c-4c([2H])c([2H])c4c([2H])c([2H])c([2H])c([2H])c24)c2c([2H])c([2H])cc([2H])c2-c2cc([2H])c([2H])c([2H])c2[2H])c([2H])c3[2H])cc([2H])c1[2H]. The Kier molecular flexibility index (Phi) is 3.74. The van der Waals surface area contributed by atoms with Crippen molar-refractivity contribution in [2.45, 2.75) is 24.7 Å². The third kappa shape index (κ3) is 4.89. The van der Waals surface area contributed by atoms with E-state index in [1.54, 1.807) is 13.8 Å². The molecule has 1 unspecified atom stereocenters. The van der Waals surface area contributed by atoms with Crippen LogP contribution in [0, 0.1) is 0 Å². The van der Waals surface area contributed by atoms with Crippen LogP contribution in [-0.2, 0) is 10.8 Å². The highest BCUT2D eigenvalue weighted by molar-refractivity contribution is 5.99. The Hall–Kier alpha value is -6.96. The number of fused-ring (bicyclic) bond motifs is 8. The molecule has 0 saturated heterocycles. The molecule has 2 aliphatic rings. The van der Waals surface area contributed by atoms with Crippen LogP contribution in [-0.4, -0.2) is 0 Å². The number of rotatable bonds is 6. The summed E-state index contributed by atoms with van der Waals surface area (Å²) in [6, 6.07) is -2.94. The van der Waals surface area contributed by atoms with Crippen molar-refractivity contribution in [3.05, 3.63) is 245 Å². The second-order valence-corrected chi connectivity index (χ2v) is 14.1. The number of para-hydroxylation sites is 1. The lowest BCUT2D eigenvalue weighted by Crippen LogP contribution is -2.28. The lowest BCUT2D eigenvalue weighted by Gasteiger charge is -2.35. The topological polar surface area (TPSA) is 3.24 Å². The van der Waals surface area contributed by atoms with Crippen LogP contribution in [0.15, 0.2) is 212 Å². The van der Waals surface area contributed by atoms with Crippen molar-refractivity contribution in [1.82, 2.24) is 0 Å². The van der Waals surface area contributed by atoms with Gasteiger partial charge in [0.2, 0.25) is 0 Å². The van der Waals surface area contributed by atoms with Crippen LogP contribution in [0.3, 0.4) is 0 Å². The number of hydrogen-bond donors (Lipinski definition) is 0. The molecule has 0 aromatic heterocycles. The molecule has 9 aromatic carbocycles. The van der Waals surface area contributed by atoms with Crippen LogP contribution < -0.4 is 4.90 Å². The van der Waals surface area contributed by atoms with Gasteiger partial charge in [-0.1, -0.05) is 195 Å². The van der Waals surface area contributed by atoms with Crippen molar-refractivity contribution in [2.24, 2.45) is 0 Å². The Morgan fingerprint density at radius 2 is 1.23 bits per heavy atom. The molecule has 57 heavy (non-hydrogen) atoms. The minimum absolute atomic E-state index is 0.0567. The normalized spacial score (nSPS) is 21.9. The molecule has 11 rings (SSSR count). The average molecular weight is 753 g/mol. The minimum Gasteiger partial charge on any atom is -0.310 e. The molecule has 0 aliphatic heterocycles. The van der Waals surface area contributed by atoms with Gasteiger partial charge in [-0.2, -0.15) is 0 Å². The molecule has 0 spiro atoms. The first kappa shape index (κ1) is 16.6. The van der Waals surface area contributed by atoms with Crippen LogP contribution in [0.1, 0.15) is 81.5 Å². The summed E-state index contributed by atoms with van der Waals surface area (Å²) in [5.41, 5.74) is -6.46. The van der Waals surface area contributed by atoms with Gasteiger partial charge in [0.05, 0.1) is 45.4 Å². The summed E-state index contributed by atoms with van der Waals surface area (Å²) < 4.78 is 229. The first-order valence-electron chi connectivity index (χ1n) is 30.5. The third-order valence-corrected chi connectivity index (χ3v) is 10.9. The maximum Gasteiger partial charge on any atom is 0.0714 e. The Bertz CT molecular complexity index is 4430. The van der Waals surface area contributed by atoms with E-state index in [0.29, 0.717) is 0 Å². The van der Waals surface area contributed by atoms with Gasteiger partial charge in [0, 0.05) is 22.4 Å². The standard InChI is InChI=1S/C56H41N/c1-55(2)51-36-42(32-35-48(51)49-33-30-39-20-12-13-26-45(39)54(49)55)57(53-29-17-15-25-44(53)38-18-6-3-7-19-38)43-31-34-47-46-27-14-16-28-50(46)56(52(47)37-43,40-21-8-4-9-22-40)41-23-10-5-11-24-41/h3-37H,1-2H3/i3D,4D,5D,6D,7D,8D,9D,10D,12D,13D,14D,16D,17D,18D,20D,23D,25D,26D,27D,29D,30D,31D,33D,34D,36D. The number of anilines is 3. The van der Waals surface area contributed by atoms with Crippen LogP contribution in [0.4, 0.5) is 17.1 Å². The van der Waals surface area contributed by atoms with Gasteiger partial charge in [0.25, 0.3) is 0 Å². The molecule has 0 saturated carbocycles. The lowest BCUT2D eigenvalue weighted by molar-refractivity contribution is 0.666. The molecule has 2 aliphatic carbocycles. The zero-order chi connectivity index (χ0) is 59.9. The van der Waals surface area contributed by atoms with Crippen molar-refractivity contribution < 1.29 is 34.3 Å². The second kappa shape index (κ2) is 12.8. The third-order valence-electron chi connectivity index (χ3n) is 10.9. The minimum atomic E-state index is -2.25. The predicted molar refractivity (Wildman–Crippen MR) is 239 cm³/mol. The second-order valence-electron chi connectivity index (χ2n) is 14.1. The van der Waals surface area contributed by atoms with Crippen LogP contribution >= 0.6 is 0 Å². The molecule has 270 valence electrons. The lowest BCUT2D eigenvalue weighted by atomic mass is 9.67. The fraction of sp³-hybridized carbons (Fsp3) is 0.0714. The van der Waals surface area contributed by atoms with Crippen molar-refractivity contribution >= 4 is 27.8 Å². The van der Waals surface area contributed by atoms with E-state index in [1.807, 2.05) is 0 Å². The molecule has 9 aromatic rings. The summed E-state index contributed by atoms with van der Waals surface area (Å²) in [5, 5.41) is -0.338. The van der Waals surface area contributed by atoms with E-state index in [2.05, 4.69) is 0 Å². The number of hydrogen-bond acceptors (Lipinski definition) is 1. The Labute approximate surface area is 370 Å². The van der Waals surface area contributed by atoms with Gasteiger partial charge in [0.1, 0.15) is 0 Å². The van der Waals surface area contributed by atoms with E-state index in [1.165, 1.54) is 48.5 Å². The summed E-state index contributed by atoms with van der Waals surface area (Å²) in [6.07, 6.45) is 0. The highest BCUT2D eigenvalue weighted by Gasteiger charge is 2.46. The smallest absolute Gasteiger partial charge is 0.0714 e. The predicted octanol–water partition coefficient (Wildman–Crippen LogP) is 14.6. The molecule has 1 heteroatoms. The van der Waals surface area contributed by atoms with Gasteiger partial charge in [-0.25, -0.2) is 0 Å². The van der Waals surface area contributed by atoms with Crippen LogP contribution in [0.25, 0.3) is 44.2 Å². The summed E-state index contributed by atoms with van der Waals surface area (Å²) in [6.45, 7) is 3.26. The van der Waals surface area contributed by atoms with Gasteiger partial charge < -0.3 is 4.90 Å². The fourth-order valence-corrected chi connectivity index (χ4v) is 8.52. The number of benzene rings is 9. The summed E-state index contributed by atoms with van der Waals surface area (Å²) in [5.74, 6) is 0. The molecule has 0 N–H and O–H groups in total. The van der Waals surface area contributed by atoms with Crippen molar-refractivity contribution in [2.75, 3.05) is 4.90 Å². The van der Waals surface area contributed by atoms with Gasteiger partial charge in [0.15, 0.2) is 0 Å². The highest BCUT2D eigenvalue weighted by atomic mass is 15.1. The summed E-state index contributed by atoms with van der Waals surface area (Å²) in [7, 11) is 0. The maximum atomic E-state index is 10.5. The molecule has 0 bridgehead atoms. The quantitative estimate of drug-likeness (QED) is 0.163. The van der Waals surface area contributed by atoms with Gasteiger partial charge >= 0.3 is 0 Å². The zero-order valence-corrected chi connectivity index (χ0v) is 30.2. The Balaban J connectivity index is 1.36. The van der Waals surface area contributed by atoms with Gasteiger partial charge in [-0.15, -0.1) is 0 Å². The molecule has 1 nitrogen and oxygen atoms in total. The van der Waals surface area contributed by atoms with E-state index >= 15 is 0 Å². The molecule has 0 amide bonds. The summed E-state index contributed by atoms with van der Waals surface area (Å²) >= 11 is 0. The van der Waals surface area contributed by atoms with E-state index in [-0.39, 0.29) is 77.7 Å². The van der Waals surface area contributed by atoms with Gasteiger partial charge in [-0.3, -0.25) is 0 Å². The van der Waals surface area contributed by atoms with E-state index < -0.39 is 179 Å². The van der Waals surface area contributed by atoms with Crippen LogP contribution in [0.2, 0.25) is 0 Å². The largest absolute Gasteiger partial charge is 0.310 e. The molecular formula is C56H41N. The maximum absolute atomic E-state index is 10.5. The van der Waals surface area contributed by atoms with Crippen molar-refractivity contribution in [3.63, 3.8) is 0 Å². The van der Waals surface area contributed by atoms with Crippen molar-refractivity contribution in [3.8, 4) is 33.4 Å². The highest BCUT2D eigenvalue weighted by Crippen LogP contribution is 2.58. The molecule has 0 fully saturated rings. The fourth-order valence-electron chi connectivity index (χ4n) is 8.52. The van der Waals surface area contributed by atoms with E-state index in [0.717, 1.165) is 17.0 Å². The first-order valence-corrected chi connectivity index (χ1v) is 18.0. The summed E-state index contributed by atoms with van der Waals surface area (Å²) in [4.78, 5) is 1.07. The Morgan fingerprint density at radius 1 is 0.456 bits per heavy atom. The van der Waals surface area contributed by atoms with Gasteiger partial charge in [-0.05, 0) is 102 Å². The molecule has 0 radical (unpaired) electrons. The Morgan fingerprint density at radius 3 is 2.16 bits per heavy atom. The van der Waals surface area contributed by atoms with Crippen LogP contribution in [0.5, 0.6) is 0 Å². The van der Waals surface area contributed by atoms with Crippen molar-refractivity contribution in [1.29, 1.82) is 0 Å². The molecule has 1 atom stereocenters. The monoisotopic (exact) mass is 752 g/mol.